The molecule has 1 aromatic rings. The number of carbonyl (C=O) groups excluding carboxylic acids is 3. The fourth-order valence-corrected chi connectivity index (χ4v) is 6.12. The Morgan fingerprint density at radius 3 is 2.33 bits per heavy atom. The van der Waals surface area contributed by atoms with Gasteiger partial charge in [0.1, 0.15) is 17.1 Å². The number of hydrogen-bond donors (Lipinski definition) is 4. The van der Waals surface area contributed by atoms with E-state index in [1.807, 2.05) is 25.1 Å². The molecule has 1 saturated carbocycles. The number of Topliss-reactive ketones (excluding diaryl/α,β-unsaturated/α-hetero) is 2. The predicted octanol–water partition coefficient (Wildman–Crippen LogP) is 0.881. The molecule has 3 aliphatic carbocycles. The molecule has 0 spiro atoms. The van der Waals surface area contributed by atoms with E-state index in [9.17, 15) is 29.7 Å². The van der Waals surface area contributed by atoms with Crippen molar-refractivity contribution in [3.05, 3.63) is 59.1 Å². The number of primary amides is 1. The van der Waals surface area contributed by atoms with Gasteiger partial charge in [-0.1, -0.05) is 0 Å². The molecule has 5 N–H and O–H groups in total. The van der Waals surface area contributed by atoms with Crippen molar-refractivity contribution in [1.29, 1.82) is 0 Å². The summed E-state index contributed by atoms with van der Waals surface area (Å²) in [6, 6.07) is 0.845. The first-order valence-electron chi connectivity index (χ1n) is 11.4. The van der Waals surface area contributed by atoms with E-state index in [4.69, 9.17) is 5.73 Å². The molecule has 9 nitrogen and oxygen atoms in total. The van der Waals surface area contributed by atoms with Crippen LogP contribution < -0.4 is 10.6 Å². The van der Waals surface area contributed by atoms with Gasteiger partial charge in [-0.15, -0.1) is 6.07 Å². The fraction of sp³-hybridized carbons (Fsp3) is 0.423. The van der Waals surface area contributed by atoms with Gasteiger partial charge in [0.05, 0.1) is 6.04 Å². The van der Waals surface area contributed by atoms with Crippen LogP contribution in [0, 0.1) is 25.7 Å². The molecule has 4 rings (SSSR count). The van der Waals surface area contributed by atoms with E-state index in [-0.39, 0.29) is 50.5 Å². The quantitative estimate of drug-likeness (QED) is 0.309. The minimum atomic E-state index is -2.58. The van der Waals surface area contributed by atoms with Crippen molar-refractivity contribution in [1.82, 2.24) is 4.90 Å². The largest absolute Gasteiger partial charge is 0.508 e. The van der Waals surface area contributed by atoms with Gasteiger partial charge >= 0.3 is 0 Å². The van der Waals surface area contributed by atoms with Crippen LogP contribution in [0.25, 0.3) is 5.76 Å². The minimum Gasteiger partial charge on any atom is -0.508 e. The number of anilines is 1. The molecule has 1 amide bonds. The molecular formula is C26H31N3O6Y-2. The van der Waals surface area contributed by atoms with Crippen molar-refractivity contribution in [3.63, 3.8) is 0 Å². The zero-order valence-corrected chi connectivity index (χ0v) is 23.8. The molecule has 0 aromatic heterocycles. The SMILES string of the molecule is [CH2-]Cc1c([CH2-])cc(N(C)C)c2c1C(O)=C1C(=O)C3(O)C(O)=C(C(N)=O)C(=O)C(N(C)C)[C@@H]3CC1C2.[Y]. The number of amides is 1. The van der Waals surface area contributed by atoms with E-state index < -0.39 is 52.3 Å². The zero-order chi connectivity index (χ0) is 26.1. The van der Waals surface area contributed by atoms with Gasteiger partial charge in [-0.25, -0.2) is 6.42 Å². The van der Waals surface area contributed by atoms with Crippen molar-refractivity contribution in [2.45, 2.75) is 30.9 Å². The van der Waals surface area contributed by atoms with Crippen LogP contribution in [-0.4, -0.2) is 77.5 Å². The second-order valence-electron chi connectivity index (χ2n) is 9.99. The first-order valence-corrected chi connectivity index (χ1v) is 11.4. The van der Waals surface area contributed by atoms with Crippen molar-refractivity contribution in [2.24, 2.45) is 17.6 Å². The number of aliphatic hydroxyl groups excluding tert-OH is 2. The molecule has 191 valence electrons. The summed E-state index contributed by atoms with van der Waals surface area (Å²) in [5, 5.41) is 34.1. The molecule has 36 heavy (non-hydrogen) atoms. The summed E-state index contributed by atoms with van der Waals surface area (Å²) in [5.41, 5.74) is 5.40. The molecular weight excluding hydrogens is 539 g/mol. The van der Waals surface area contributed by atoms with Crippen molar-refractivity contribution in [3.8, 4) is 0 Å². The average molecular weight is 570 g/mol. The number of benzene rings is 1. The minimum absolute atomic E-state index is 0. The molecule has 10 heteroatoms. The third-order valence-corrected chi connectivity index (χ3v) is 7.66. The van der Waals surface area contributed by atoms with Crippen molar-refractivity contribution >= 4 is 28.9 Å². The maximum atomic E-state index is 13.9. The van der Waals surface area contributed by atoms with Gasteiger partial charge in [-0.3, -0.25) is 19.3 Å². The van der Waals surface area contributed by atoms with Crippen LogP contribution >= 0.6 is 0 Å². The standard InChI is InChI=1S/C26H31N3O6.Y/c1-7-13-11(2)8-16(28(3)4)14-9-12-10-15-20(29(5)6)22(31)19(25(27)34)24(33)26(15,35)23(32)17(12)21(30)18(13)14;/h8,12,15,20,30,33,35H,1-2,7,9-10H2,3-6H3,(H2,27,34);/q-2;/t12?,15-,20?,26?;/m0./s1. The van der Waals surface area contributed by atoms with Gasteiger partial charge in [0.2, 0.25) is 5.78 Å². The number of rotatable bonds is 4. The van der Waals surface area contributed by atoms with Crippen molar-refractivity contribution in [2.75, 3.05) is 33.1 Å². The maximum Gasteiger partial charge on any atom is 0.255 e. The molecule has 0 aliphatic heterocycles. The van der Waals surface area contributed by atoms with Crippen LogP contribution in [0.15, 0.2) is 23.0 Å². The Kier molecular flexibility index (Phi) is 7.56. The number of ketones is 2. The van der Waals surface area contributed by atoms with E-state index in [0.29, 0.717) is 29.5 Å². The summed E-state index contributed by atoms with van der Waals surface area (Å²) < 4.78 is 0. The predicted molar refractivity (Wildman–Crippen MR) is 130 cm³/mol. The molecule has 3 aliphatic rings. The first-order chi connectivity index (χ1) is 16.3. The number of aliphatic hydroxyl groups is 3. The second-order valence-corrected chi connectivity index (χ2v) is 9.99. The van der Waals surface area contributed by atoms with Crippen molar-refractivity contribution < 1.29 is 62.4 Å². The Balaban J connectivity index is 0.00000361. The van der Waals surface area contributed by atoms with E-state index >= 15 is 0 Å². The van der Waals surface area contributed by atoms with Crippen LogP contribution in [0.5, 0.6) is 0 Å². The van der Waals surface area contributed by atoms with E-state index in [1.165, 1.54) is 4.90 Å². The van der Waals surface area contributed by atoms with Crippen LogP contribution in [0.2, 0.25) is 0 Å². The topological polar surface area (TPSA) is 144 Å². The van der Waals surface area contributed by atoms with Gasteiger partial charge in [0.25, 0.3) is 5.91 Å². The first kappa shape index (κ1) is 28.4. The monoisotopic (exact) mass is 570 g/mol. The summed E-state index contributed by atoms with van der Waals surface area (Å²) in [4.78, 5) is 42.5. The maximum absolute atomic E-state index is 13.9. The van der Waals surface area contributed by atoms with E-state index in [1.54, 1.807) is 14.1 Å². The zero-order valence-electron chi connectivity index (χ0n) is 21.0. The Morgan fingerprint density at radius 1 is 1.22 bits per heavy atom. The van der Waals surface area contributed by atoms with Crippen LogP contribution in [0.4, 0.5) is 5.69 Å². The third-order valence-electron chi connectivity index (χ3n) is 7.66. The molecule has 0 bridgehead atoms. The molecule has 3 unspecified atom stereocenters. The number of nitrogens with two attached hydrogens (primary N) is 1. The summed E-state index contributed by atoms with van der Waals surface area (Å²) >= 11 is 0. The molecule has 1 fully saturated rings. The number of nitrogens with zero attached hydrogens (tertiary/aromatic N) is 2. The normalized spacial score (nSPS) is 27.4. The summed E-state index contributed by atoms with van der Waals surface area (Å²) in [6.45, 7) is 8.03. The van der Waals surface area contributed by atoms with Gasteiger partial charge < -0.3 is 32.9 Å². The Labute approximate surface area is 235 Å². The van der Waals surface area contributed by atoms with Gasteiger partial charge in [-0.2, -0.15) is 18.1 Å². The summed E-state index contributed by atoms with van der Waals surface area (Å²) in [7, 11) is 6.92. The summed E-state index contributed by atoms with van der Waals surface area (Å²) in [6.07, 6.45) is 0.798. The number of hydrogen-bond acceptors (Lipinski definition) is 8. The van der Waals surface area contributed by atoms with E-state index in [0.717, 1.165) is 11.3 Å². The Hall–Kier alpha value is -2.20. The molecule has 1 radical (unpaired) electrons. The fourth-order valence-electron chi connectivity index (χ4n) is 6.12. The third kappa shape index (κ3) is 3.74. The smallest absolute Gasteiger partial charge is 0.255 e. The number of fused-ring (bicyclic) bond motifs is 3. The number of carbonyl (C=O) groups is 3. The average Bonchev–Trinajstić information content (AvgIpc) is 2.75. The molecule has 0 heterocycles. The molecule has 0 saturated heterocycles. The molecule has 4 atom stereocenters. The van der Waals surface area contributed by atoms with Crippen LogP contribution in [0.1, 0.15) is 28.7 Å². The summed E-state index contributed by atoms with van der Waals surface area (Å²) in [5.74, 6) is -5.84. The van der Waals surface area contributed by atoms with Crippen LogP contribution in [0.3, 0.4) is 0 Å². The Morgan fingerprint density at radius 2 is 1.83 bits per heavy atom. The van der Waals surface area contributed by atoms with Gasteiger partial charge in [0.15, 0.2) is 11.4 Å². The molecule has 1 aromatic carbocycles. The van der Waals surface area contributed by atoms with Crippen LogP contribution in [-0.2, 0) is 59.9 Å². The van der Waals surface area contributed by atoms with E-state index in [2.05, 4.69) is 13.8 Å². The number of likely N-dealkylation sites (N-methyl/N-ethyl adjacent to an activating group) is 1. The van der Waals surface area contributed by atoms with Gasteiger partial charge in [-0.05, 0) is 49.7 Å². The Bertz CT molecular complexity index is 1230. The van der Waals surface area contributed by atoms with Gasteiger partial charge in [0, 0.05) is 58.3 Å². The second kappa shape index (κ2) is 9.60.